The average Bonchev–Trinajstić information content (AvgIpc) is 3.05. The summed E-state index contributed by atoms with van der Waals surface area (Å²) in [6, 6.07) is 15.9. The minimum absolute atomic E-state index is 0.663. The van der Waals surface area contributed by atoms with Crippen LogP contribution in [0.15, 0.2) is 48.5 Å². The second kappa shape index (κ2) is 5.80. The molecular formula is C16H19BNO3-. The van der Waals surface area contributed by atoms with Gasteiger partial charge in [-0.25, -0.2) is 0 Å². The molecule has 1 heterocycles. The summed E-state index contributed by atoms with van der Waals surface area (Å²) in [6.45, 7) is -0.0728. The summed E-state index contributed by atoms with van der Waals surface area (Å²) >= 11 is 0. The molecule has 5 heteroatoms. The molecule has 0 unspecified atom stereocenters. The first-order valence-corrected chi connectivity index (χ1v) is 7.12. The Morgan fingerprint density at radius 2 is 1.43 bits per heavy atom. The summed E-state index contributed by atoms with van der Waals surface area (Å²) in [5.41, 5.74) is 2.03. The van der Waals surface area contributed by atoms with E-state index in [1.54, 1.807) is 14.2 Å². The molecule has 0 radical (unpaired) electrons. The van der Waals surface area contributed by atoms with Gasteiger partial charge in [0, 0.05) is 6.61 Å². The molecular weight excluding hydrogens is 265 g/mol. The highest BCUT2D eigenvalue weighted by Crippen LogP contribution is 2.20. The van der Waals surface area contributed by atoms with Crippen molar-refractivity contribution >= 4 is 17.4 Å². The van der Waals surface area contributed by atoms with Crippen molar-refractivity contribution in [2.45, 2.75) is 0 Å². The summed E-state index contributed by atoms with van der Waals surface area (Å²) in [5, 5.41) is 3.53. The third kappa shape index (κ3) is 2.28. The van der Waals surface area contributed by atoms with Gasteiger partial charge in [-0.1, -0.05) is 36.4 Å². The SMILES string of the molecule is COc1ccccc1[B-]1(c2ccccc2OC)NCCO1. The van der Waals surface area contributed by atoms with Crippen LogP contribution < -0.4 is 25.6 Å². The quantitative estimate of drug-likeness (QED) is 0.846. The predicted molar refractivity (Wildman–Crippen MR) is 85.0 cm³/mol. The Morgan fingerprint density at radius 3 is 1.86 bits per heavy atom. The molecule has 0 aliphatic carbocycles. The Hall–Kier alpha value is -1.98. The first-order valence-electron chi connectivity index (χ1n) is 7.12. The van der Waals surface area contributed by atoms with Crippen molar-refractivity contribution in [3.8, 4) is 11.5 Å². The van der Waals surface area contributed by atoms with E-state index in [0.717, 1.165) is 29.0 Å². The van der Waals surface area contributed by atoms with Crippen LogP contribution in [0.2, 0.25) is 0 Å². The van der Waals surface area contributed by atoms with Crippen LogP contribution in [-0.4, -0.2) is 33.9 Å². The van der Waals surface area contributed by atoms with Crippen LogP contribution in [0.25, 0.3) is 0 Å². The largest absolute Gasteiger partial charge is 0.570 e. The van der Waals surface area contributed by atoms with Crippen molar-refractivity contribution in [3.05, 3.63) is 48.5 Å². The van der Waals surface area contributed by atoms with E-state index in [-0.39, 0.29) is 0 Å². The predicted octanol–water partition coefficient (Wildman–Crippen LogP) is 0.880. The lowest BCUT2D eigenvalue weighted by molar-refractivity contribution is 0.362. The number of rotatable bonds is 4. The molecule has 1 aliphatic rings. The zero-order valence-electron chi connectivity index (χ0n) is 12.3. The molecule has 1 saturated heterocycles. The lowest BCUT2D eigenvalue weighted by Gasteiger charge is -2.39. The van der Waals surface area contributed by atoms with Gasteiger partial charge >= 0.3 is 0 Å². The van der Waals surface area contributed by atoms with Gasteiger partial charge in [0.2, 0.25) is 6.48 Å². The van der Waals surface area contributed by atoms with Crippen LogP contribution in [0.3, 0.4) is 0 Å². The van der Waals surface area contributed by atoms with Gasteiger partial charge in [-0.2, -0.15) is 0 Å². The summed E-state index contributed by atoms with van der Waals surface area (Å²) in [4.78, 5) is 0. The Kier molecular flexibility index (Phi) is 3.86. The van der Waals surface area contributed by atoms with E-state index in [1.807, 2.05) is 48.5 Å². The maximum Gasteiger partial charge on any atom is 0.246 e. The molecule has 0 aromatic heterocycles. The molecule has 1 N–H and O–H groups in total. The Labute approximate surface area is 125 Å². The summed E-state index contributed by atoms with van der Waals surface area (Å²) in [6.07, 6.45) is 0. The van der Waals surface area contributed by atoms with E-state index < -0.39 is 6.48 Å². The lowest BCUT2D eigenvalue weighted by Crippen LogP contribution is -2.67. The number of benzene rings is 2. The molecule has 0 atom stereocenters. The Balaban J connectivity index is 2.21. The van der Waals surface area contributed by atoms with Gasteiger partial charge in [0.15, 0.2) is 0 Å². The number of ether oxygens (including phenoxy) is 2. The fourth-order valence-electron chi connectivity index (χ4n) is 3.13. The molecule has 2 aromatic carbocycles. The minimum atomic E-state index is -1.54. The van der Waals surface area contributed by atoms with Gasteiger partial charge in [-0.05, 0) is 18.7 Å². The fourth-order valence-corrected chi connectivity index (χ4v) is 3.13. The van der Waals surface area contributed by atoms with Crippen molar-refractivity contribution in [2.75, 3.05) is 27.4 Å². The minimum Gasteiger partial charge on any atom is -0.570 e. The van der Waals surface area contributed by atoms with Gasteiger partial charge in [-0.15, -0.1) is 10.9 Å². The van der Waals surface area contributed by atoms with Crippen LogP contribution in [0, 0.1) is 0 Å². The van der Waals surface area contributed by atoms with Crippen LogP contribution >= 0.6 is 0 Å². The van der Waals surface area contributed by atoms with Crippen LogP contribution in [0.1, 0.15) is 0 Å². The van der Waals surface area contributed by atoms with E-state index in [1.165, 1.54) is 0 Å². The molecule has 1 fully saturated rings. The maximum atomic E-state index is 6.19. The lowest BCUT2D eigenvalue weighted by atomic mass is 9.42. The third-order valence-corrected chi connectivity index (χ3v) is 4.06. The molecule has 110 valence electrons. The summed E-state index contributed by atoms with van der Waals surface area (Å²) in [7, 11) is 3.36. The van der Waals surface area contributed by atoms with Crippen molar-refractivity contribution < 1.29 is 14.1 Å². The number of hydrogen-bond acceptors (Lipinski definition) is 4. The van der Waals surface area contributed by atoms with Crippen molar-refractivity contribution in [1.29, 1.82) is 0 Å². The number of para-hydroxylation sites is 2. The average molecular weight is 284 g/mol. The van der Waals surface area contributed by atoms with E-state index in [2.05, 4.69) is 5.23 Å². The maximum absolute atomic E-state index is 6.19. The van der Waals surface area contributed by atoms with Crippen LogP contribution in [0.5, 0.6) is 11.5 Å². The van der Waals surface area contributed by atoms with Crippen molar-refractivity contribution in [3.63, 3.8) is 0 Å². The van der Waals surface area contributed by atoms with Gasteiger partial charge in [0.1, 0.15) is 0 Å². The molecule has 0 bridgehead atoms. The second-order valence-corrected chi connectivity index (χ2v) is 5.10. The smallest absolute Gasteiger partial charge is 0.246 e. The third-order valence-electron chi connectivity index (χ3n) is 4.06. The van der Waals surface area contributed by atoms with E-state index >= 15 is 0 Å². The van der Waals surface area contributed by atoms with Gasteiger partial charge in [-0.3, -0.25) is 0 Å². The molecule has 0 spiro atoms. The van der Waals surface area contributed by atoms with E-state index in [4.69, 9.17) is 14.1 Å². The second-order valence-electron chi connectivity index (χ2n) is 5.10. The van der Waals surface area contributed by atoms with Crippen molar-refractivity contribution in [1.82, 2.24) is 5.23 Å². The fraction of sp³-hybridized carbons (Fsp3) is 0.250. The molecule has 0 amide bonds. The van der Waals surface area contributed by atoms with E-state index in [0.29, 0.717) is 6.61 Å². The highest BCUT2D eigenvalue weighted by molar-refractivity contribution is 6.97. The number of methoxy groups -OCH3 is 2. The molecule has 0 saturated carbocycles. The molecule has 2 aromatic rings. The summed E-state index contributed by atoms with van der Waals surface area (Å²) in [5.74, 6) is 1.63. The Morgan fingerprint density at radius 1 is 0.905 bits per heavy atom. The van der Waals surface area contributed by atoms with E-state index in [9.17, 15) is 0 Å². The highest BCUT2D eigenvalue weighted by atomic mass is 16.5. The Bertz CT molecular complexity index is 577. The normalized spacial score (nSPS) is 16.7. The molecule has 1 aliphatic heterocycles. The zero-order chi connectivity index (χ0) is 14.7. The highest BCUT2D eigenvalue weighted by Gasteiger charge is 2.36. The first-order chi connectivity index (χ1) is 10.3. The first kappa shape index (κ1) is 14.0. The van der Waals surface area contributed by atoms with Gasteiger partial charge < -0.3 is 19.4 Å². The zero-order valence-corrected chi connectivity index (χ0v) is 12.3. The number of hydrogen-bond donors (Lipinski definition) is 1. The standard InChI is InChI=1S/C16H19BNO3/c1-19-15-9-5-3-7-13(15)17(18-11-12-21-17)14-8-4-6-10-16(14)20-2/h3-10,18H,11-12H2,1-2H3/q-1. The van der Waals surface area contributed by atoms with Crippen LogP contribution in [-0.2, 0) is 4.65 Å². The topological polar surface area (TPSA) is 39.7 Å². The van der Waals surface area contributed by atoms with Gasteiger partial charge in [0.05, 0.1) is 25.7 Å². The van der Waals surface area contributed by atoms with Crippen molar-refractivity contribution in [2.24, 2.45) is 0 Å². The summed E-state index contributed by atoms with van der Waals surface area (Å²) < 4.78 is 17.3. The monoisotopic (exact) mass is 284 g/mol. The number of nitrogens with one attached hydrogen (secondary N) is 1. The molecule has 4 nitrogen and oxygen atoms in total. The van der Waals surface area contributed by atoms with Crippen LogP contribution in [0.4, 0.5) is 0 Å². The molecule has 3 rings (SSSR count). The van der Waals surface area contributed by atoms with Gasteiger partial charge in [0.25, 0.3) is 0 Å². The molecule has 21 heavy (non-hydrogen) atoms.